The molecule has 0 unspecified atom stereocenters. The molecule has 2 fully saturated rings. The van der Waals surface area contributed by atoms with Gasteiger partial charge in [-0.3, -0.25) is 0 Å². The van der Waals surface area contributed by atoms with E-state index in [1.807, 2.05) is 6.92 Å². The number of cyclic esters (lactones) is 1. The molecule has 6 nitrogen and oxygen atoms in total. The van der Waals surface area contributed by atoms with Crippen molar-refractivity contribution in [2.45, 2.75) is 37.9 Å². The van der Waals surface area contributed by atoms with Gasteiger partial charge in [0.05, 0.1) is 18.1 Å². The number of rotatable bonds is 0. The fraction of sp³-hybridized carbons (Fsp3) is 0.667. The molecule has 0 aromatic heterocycles. The van der Waals surface area contributed by atoms with Gasteiger partial charge in [-0.2, -0.15) is 0 Å². The Balaban J connectivity index is 2.16. The second-order valence-electron chi connectivity index (χ2n) is 6.39. The van der Waals surface area contributed by atoms with Crippen LogP contribution in [0.3, 0.4) is 0 Å². The molecule has 0 bridgehead atoms. The Kier molecular flexibility index (Phi) is 3.08. The first-order valence-electron chi connectivity index (χ1n) is 7.03. The van der Waals surface area contributed by atoms with Crippen LogP contribution in [0.4, 0.5) is 0 Å². The minimum absolute atomic E-state index is 0.125. The zero-order valence-corrected chi connectivity index (χ0v) is 12.0. The normalized spacial score (nSPS) is 52.9. The average molecular weight is 296 g/mol. The molecule has 1 aliphatic carbocycles. The third kappa shape index (κ3) is 1.70. The first kappa shape index (κ1) is 14.7. The second-order valence-corrected chi connectivity index (χ2v) is 6.39. The van der Waals surface area contributed by atoms with Crippen molar-refractivity contribution in [3.05, 3.63) is 24.3 Å². The van der Waals surface area contributed by atoms with Crippen molar-refractivity contribution in [1.82, 2.24) is 0 Å². The molecular weight excluding hydrogens is 276 g/mol. The quantitative estimate of drug-likeness (QED) is 0.533. The van der Waals surface area contributed by atoms with Crippen molar-refractivity contribution < 1.29 is 29.6 Å². The van der Waals surface area contributed by atoms with Gasteiger partial charge >= 0.3 is 5.97 Å². The molecule has 21 heavy (non-hydrogen) atoms. The molecule has 7 atom stereocenters. The van der Waals surface area contributed by atoms with E-state index in [1.165, 1.54) is 6.92 Å². The lowest BCUT2D eigenvalue weighted by Gasteiger charge is -2.48. The molecule has 2 aliphatic heterocycles. The predicted molar refractivity (Wildman–Crippen MR) is 71.8 cm³/mol. The standard InChI is InChI=1S/C15H20O6/c1-7-4-5-15(12(17)10(7)16)9-8(2)6-20-13(18)11(9)21-14(15,3)19/h4-5,8-12,16-17,19H,1,6H2,2-3H3/t8-,9+,10+,11+,12-,14-,15+/m1/s1. The van der Waals surface area contributed by atoms with Crippen LogP contribution >= 0.6 is 0 Å². The molecular formula is C15H20O6. The smallest absolute Gasteiger partial charge is 0.335 e. The van der Waals surface area contributed by atoms with Crippen LogP contribution in [0.15, 0.2) is 24.3 Å². The van der Waals surface area contributed by atoms with E-state index in [0.717, 1.165) is 0 Å². The lowest BCUT2D eigenvalue weighted by molar-refractivity contribution is -0.244. The van der Waals surface area contributed by atoms with Gasteiger partial charge in [-0.1, -0.05) is 25.7 Å². The summed E-state index contributed by atoms with van der Waals surface area (Å²) in [6, 6.07) is 0. The summed E-state index contributed by atoms with van der Waals surface area (Å²) in [5.41, 5.74) is -0.921. The highest BCUT2D eigenvalue weighted by Gasteiger charge is 2.70. The topological polar surface area (TPSA) is 96.2 Å². The van der Waals surface area contributed by atoms with Crippen LogP contribution in [0.25, 0.3) is 0 Å². The van der Waals surface area contributed by atoms with Crippen LogP contribution in [0.2, 0.25) is 0 Å². The van der Waals surface area contributed by atoms with E-state index in [1.54, 1.807) is 12.2 Å². The van der Waals surface area contributed by atoms with Crippen LogP contribution in [0.1, 0.15) is 13.8 Å². The number of ether oxygens (including phenoxy) is 2. The van der Waals surface area contributed by atoms with E-state index in [4.69, 9.17) is 9.47 Å². The van der Waals surface area contributed by atoms with Gasteiger partial charge in [-0.05, 0) is 18.4 Å². The van der Waals surface area contributed by atoms with Gasteiger partial charge in [-0.25, -0.2) is 4.79 Å². The molecule has 0 amide bonds. The fourth-order valence-electron chi connectivity index (χ4n) is 3.99. The van der Waals surface area contributed by atoms with E-state index >= 15 is 0 Å². The number of carbonyl (C=O) groups is 1. The SMILES string of the molecule is C=C1C=C[C@]2([C@H]3[C@H](C)COC(=O)[C@H]3O[C@@]2(C)O)[C@H](O)[C@H]1O. The molecule has 3 aliphatic rings. The minimum Gasteiger partial charge on any atom is -0.463 e. The van der Waals surface area contributed by atoms with E-state index in [9.17, 15) is 20.1 Å². The summed E-state index contributed by atoms with van der Waals surface area (Å²) in [5.74, 6) is -2.95. The number of hydrogen-bond donors (Lipinski definition) is 3. The third-order valence-electron chi connectivity index (χ3n) is 5.11. The first-order chi connectivity index (χ1) is 9.72. The molecule has 3 rings (SSSR count). The van der Waals surface area contributed by atoms with E-state index < -0.39 is 41.4 Å². The predicted octanol–water partition coefficient (Wildman–Crippen LogP) is -0.263. The lowest BCUT2D eigenvalue weighted by Crippen LogP contribution is -2.60. The highest BCUT2D eigenvalue weighted by Crippen LogP contribution is 2.59. The molecule has 0 saturated carbocycles. The Morgan fingerprint density at radius 3 is 2.76 bits per heavy atom. The summed E-state index contributed by atoms with van der Waals surface area (Å²) in [6.07, 6.45) is -0.291. The summed E-state index contributed by atoms with van der Waals surface area (Å²) >= 11 is 0. The van der Waals surface area contributed by atoms with Crippen LogP contribution in [-0.4, -0.2) is 52.0 Å². The van der Waals surface area contributed by atoms with Crippen molar-refractivity contribution in [1.29, 1.82) is 0 Å². The van der Waals surface area contributed by atoms with Crippen molar-refractivity contribution in [2.24, 2.45) is 17.3 Å². The van der Waals surface area contributed by atoms with E-state index in [2.05, 4.69) is 6.58 Å². The molecule has 3 N–H and O–H groups in total. The number of fused-ring (bicyclic) bond motifs is 2. The van der Waals surface area contributed by atoms with Crippen molar-refractivity contribution in [2.75, 3.05) is 6.61 Å². The third-order valence-corrected chi connectivity index (χ3v) is 5.11. The Morgan fingerprint density at radius 2 is 2.10 bits per heavy atom. The Bertz CT molecular complexity index is 524. The Hall–Kier alpha value is -1.21. The average Bonchev–Trinajstić information content (AvgIpc) is 2.66. The van der Waals surface area contributed by atoms with Crippen LogP contribution in [-0.2, 0) is 14.3 Å². The summed E-state index contributed by atoms with van der Waals surface area (Å²) < 4.78 is 10.6. The number of aliphatic hydroxyl groups excluding tert-OH is 2. The number of carbonyl (C=O) groups excluding carboxylic acids is 1. The van der Waals surface area contributed by atoms with Gasteiger partial charge in [-0.15, -0.1) is 0 Å². The van der Waals surface area contributed by atoms with Crippen molar-refractivity contribution >= 4 is 5.97 Å². The first-order valence-corrected chi connectivity index (χ1v) is 7.03. The molecule has 6 heteroatoms. The molecule has 0 aromatic carbocycles. The molecule has 1 spiro atoms. The van der Waals surface area contributed by atoms with Crippen molar-refractivity contribution in [3.8, 4) is 0 Å². The lowest BCUT2D eigenvalue weighted by atomic mass is 9.58. The monoisotopic (exact) mass is 296 g/mol. The maximum atomic E-state index is 11.9. The van der Waals surface area contributed by atoms with E-state index in [0.29, 0.717) is 5.57 Å². The number of esters is 1. The molecule has 0 radical (unpaired) electrons. The number of aliphatic hydroxyl groups is 3. The highest BCUT2D eigenvalue weighted by atomic mass is 16.7. The van der Waals surface area contributed by atoms with Crippen LogP contribution in [0, 0.1) is 17.3 Å². The zero-order chi connectivity index (χ0) is 15.6. The van der Waals surface area contributed by atoms with Gasteiger partial charge in [0.2, 0.25) is 0 Å². The van der Waals surface area contributed by atoms with Crippen LogP contribution < -0.4 is 0 Å². The summed E-state index contributed by atoms with van der Waals surface area (Å²) in [6.45, 7) is 7.14. The maximum absolute atomic E-state index is 11.9. The van der Waals surface area contributed by atoms with Crippen LogP contribution in [0.5, 0.6) is 0 Å². The summed E-state index contributed by atoms with van der Waals surface area (Å²) in [5, 5.41) is 31.5. The molecule has 2 saturated heterocycles. The van der Waals surface area contributed by atoms with Gasteiger partial charge in [0, 0.05) is 5.92 Å². The van der Waals surface area contributed by atoms with E-state index in [-0.39, 0.29) is 12.5 Å². The minimum atomic E-state index is -1.79. The maximum Gasteiger partial charge on any atom is 0.335 e. The number of hydrogen-bond acceptors (Lipinski definition) is 6. The Morgan fingerprint density at radius 1 is 1.43 bits per heavy atom. The molecule has 0 aromatic rings. The van der Waals surface area contributed by atoms with Gasteiger partial charge in [0.15, 0.2) is 11.9 Å². The van der Waals surface area contributed by atoms with Gasteiger partial charge in [0.25, 0.3) is 0 Å². The zero-order valence-electron chi connectivity index (χ0n) is 12.0. The summed E-state index contributed by atoms with van der Waals surface area (Å²) in [4.78, 5) is 11.9. The second kappa shape index (κ2) is 4.39. The largest absolute Gasteiger partial charge is 0.463 e. The highest BCUT2D eigenvalue weighted by molar-refractivity contribution is 5.77. The molecule has 2 heterocycles. The van der Waals surface area contributed by atoms with Gasteiger partial charge in [0.1, 0.15) is 6.10 Å². The van der Waals surface area contributed by atoms with Crippen molar-refractivity contribution in [3.63, 3.8) is 0 Å². The molecule has 116 valence electrons. The fourth-order valence-corrected chi connectivity index (χ4v) is 3.99. The summed E-state index contributed by atoms with van der Waals surface area (Å²) in [7, 11) is 0. The Labute approximate surface area is 122 Å². The van der Waals surface area contributed by atoms with Gasteiger partial charge < -0.3 is 24.8 Å².